The van der Waals surface area contributed by atoms with Gasteiger partial charge in [0.15, 0.2) is 5.65 Å². The predicted octanol–water partition coefficient (Wildman–Crippen LogP) is 3.54. The standard InChI is InChI=1S/C16H12BrN5OS/c17-10-6-12(24-9-10)7-18-16-20-14-13(15(23)21-16)8-19-22(14)11-4-2-1-3-5-11/h1-6,8-9H,7H2,(H2,18,20,21,23). The second-order valence-corrected chi connectivity index (χ2v) is 7.04. The SMILES string of the molecule is O=c1[nH]c(NCc2cc(Br)cs2)nc2c1cnn2-c1ccccc1. The fraction of sp³-hybridized carbons (Fsp3) is 0.0625. The molecule has 1 aromatic carbocycles. The maximum absolute atomic E-state index is 12.3. The molecular weight excluding hydrogens is 390 g/mol. The number of hydrogen-bond acceptors (Lipinski definition) is 5. The van der Waals surface area contributed by atoms with E-state index >= 15 is 0 Å². The zero-order valence-corrected chi connectivity index (χ0v) is 14.8. The van der Waals surface area contributed by atoms with Crippen molar-refractivity contribution in [1.29, 1.82) is 0 Å². The Kier molecular flexibility index (Phi) is 3.91. The van der Waals surface area contributed by atoms with E-state index in [1.807, 2.05) is 41.8 Å². The Morgan fingerprint density at radius 1 is 1.29 bits per heavy atom. The van der Waals surface area contributed by atoms with Gasteiger partial charge in [0, 0.05) is 14.7 Å². The minimum absolute atomic E-state index is 0.211. The number of aromatic amines is 1. The summed E-state index contributed by atoms with van der Waals surface area (Å²) in [5.74, 6) is 0.426. The van der Waals surface area contributed by atoms with Crippen LogP contribution in [0.3, 0.4) is 0 Å². The van der Waals surface area contributed by atoms with Gasteiger partial charge in [-0.3, -0.25) is 9.78 Å². The Hall–Kier alpha value is -2.45. The topological polar surface area (TPSA) is 75.6 Å². The van der Waals surface area contributed by atoms with Crippen LogP contribution in [-0.4, -0.2) is 19.7 Å². The first-order chi connectivity index (χ1) is 11.7. The van der Waals surface area contributed by atoms with Crippen molar-refractivity contribution in [2.24, 2.45) is 0 Å². The van der Waals surface area contributed by atoms with Crippen LogP contribution in [0.1, 0.15) is 4.88 Å². The van der Waals surface area contributed by atoms with E-state index in [1.54, 1.807) is 16.0 Å². The fourth-order valence-corrected chi connectivity index (χ4v) is 3.77. The molecule has 3 aromatic heterocycles. The van der Waals surface area contributed by atoms with Crippen LogP contribution in [0, 0.1) is 0 Å². The number of halogens is 1. The summed E-state index contributed by atoms with van der Waals surface area (Å²) in [6, 6.07) is 11.6. The molecule has 4 aromatic rings. The Bertz CT molecular complexity index is 1050. The number of thiophene rings is 1. The van der Waals surface area contributed by atoms with Crippen molar-refractivity contribution in [3.05, 3.63) is 67.7 Å². The third-order valence-corrected chi connectivity index (χ3v) is 5.19. The molecule has 2 N–H and O–H groups in total. The van der Waals surface area contributed by atoms with Crippen molar-refractivity contribution < 1.29 is 0 Å². The van der Waals surface area contributed by atoms with Gasteiger partial charge in [-0.05, 0) is 34.1 Å². The lowest BCUT2D eigenvalue weighted by Crippen LogP contribution is -2.13. The highest BCUT2D eigenvalue weighted by Crippen LogP contribution is 2.20. The fourth-order valence-electron chi connectivity index (χ4n) is 2.38. The van der Waals surface area contributed by atoms with E-state index in [4.69, 9.17) is 0 Å². The van der Waals surface area contributed by atoms with Gasteiger partial charge >= 0.3 is 0 Å². The molecule has 0 unspecified atom stereocenters. The first kappa shape index (κ1) is 15.1. The molecule has 0 aliphatic carbocycles. The number of para-hydroxylation sites is 1. The number of anilines is 1. The number of hydrogen-bond donors (Lipinski definition) is 2. The van der Waals surface area contributed by atoms with Crippen LogP contribution in [0.25, 0.3) is 16.7 Å². The van der Waals surface area contributed by atoms with Gasteiger partial charge in [0.25, 0.3) is 5.56 Å². The summed E-state index contributed by atoms with van der Waals surface area (Å²) in [6.07, 6.45) is 1.54. The van der Waals surface area contributed by atoms with Crippen LogP contribution in [0.15, 0.2) is 57.2 Å². The predicted molar refractivity (Wildman–Crippen MR) is 98.8 cm³/mol. The van der Waals surface area contributed by atoms with E-state index in [0.29, 0.717) is 23.5 Å². The monoisotopic (exact) mass is 401 g/mol. The first-order valence-corrected chi connectivity index (χ1v) is 8.88. The molecule has 0 saturated carbocycles. The summed E-state index contributed by atoms with van der Waals surface area (Å²) in [7, 11) is 0. The molecule has 3 heterocycles. The number of H-pyrrole nitrogens is 1. The van der Waals surface area contributed by atoms with Gasteiger partial charge in [0.2, 0.25) is 5.95 Å². The highest BCUT2D eigenvalue weighted by Gasteiger charge is 2.11. The Morgan fingerprint density at radius 2 is 2.12 bits per heavy atom. The Balaban J connectivity index is 1.71. The lowest BCUT2D eigenvalue weighted by molar-refractivity contribution is 0.894. The van der Waals surface area contributed by atoms with Crippen LogP contribution in [0.5, 0.6) is 0 Å². The molecule has 0 saturated heterocycles. The van der Waals surface area contributed by atoms with Gasteiger partial charge in [-0.15, -0.1) is 11.3 Å². The number of fused-ring (bicyclic) bond motifs is 1. The molecule has 0 fully saturated rings. The van der Waals surface area contributed by atoms with Crippen molar-refractivity contribution >= 4 is 44.2 Å². The quantitative estimate of drug-likeness (QED) is 0.548. The van der Waals surface area contributed by atoms with Crippen molar-refractivity contribution in [2.45, 2.75) is 6.54 Å². The minimum Gasteiger partial charge on any atom is -0.351 e. The van der Waals surface area contributed by atoms with Crippen LogP contribution >= 0.6 is 27.3 Å². The third-order valence-electron chi connectivity index (χ3n) is 3.49. The van der Waals surface area contributed by atoms with Gasteiger partial charge in [0.05, 0.1) is 18.4 Å². The summed E-state index contributed by atoms with van der Waals surface area (Å²) in [6.45, 7) is 0.587. The molecule has 8 heteroatoms. The molecule has 0 aliphatic rings. The number of benzene rings is 1. The number of aromatic nitrogens is 4. The molecule has 0 radical (unpaired) electrons. The molecule has 0 bridgehead atoms. The largest absolute Gasteiger partial charge is 0.351 e. The second-order valence-electron chi connectivity index (χ2n) is 5.13. The molecular formula is C16H12BrN5OS. The van der Waals surface area contributed by atoms with E-state index in [0.717, 1.165) is 15.0 Å². The molecule has 0 spiro atoms. The van der Waals surface area contributed by atoms with Crippen molar-refractivity contribution in [2.75, 3.05) is 5.32 Å². The van der Waals surface area contributed by atoms with E-state index < -0.39 is 0 Å². The lowest BCUT2D eigenvalue weighted by Gasteiger charge is -2.06. The van der Waals surface area contributed by atoms with Crippen LogP contribution in [-0.2, 0) is 6.54 Å². The van der Waals surface area contributed by atoms with Crippen LogP contribution in [0.4, 0.5) is 5.95 Å². The molecule has 0 aliphatic heterocycles. The van der Waals surface area contributed by atoms with E-state index in [1.165, 1.54) is 6.20 Å². The summed E-state index contributed by atoms with van der Waals surface area (Å²) in [4.78, 5) is 20.7. The zero-order chi connectivity index (χ0) is 16.5. The minimum atomic E-state index is -0.211. The highest BCUT2D eigenvalue weighted by atomic mass is 79.9. The highest BCUT2D eigenvalue weighted by molar-refractivity contribution is 9.10. The number of rotatable bonds is 4. The molecule has 0 amide bonds. The summed E-state index contributed by atoms with van der Waals surface area (Å²) >= 11 is 5.06. The van der Waals surface area contributed by atoms with Gasteiger partial charge in [-0.2, -0.15) is 10.1 Å². The molecule has 0 atom stereocenters. The number of nitrogens with zero attached hydrogens (tertiary/aromatic N) is 3. The Labute approximate surface area is 149 Å². The maximum Gasteiger partial charge on any atom is 0.263 e. The second kappa shape index (κ2) is 6.21. The average Bonchev–Trinajstić information content (AvgIpc) is 3.20. The molecule has 4 rings (SSSR count). The molecule has 24 heavy (non-hydrogen) atoms. The first-order valence-electron chi connectivity index (χ1n) is 7.21. The van der Waals surface area contributed by atoms with E-state index in [9.17, 15) is 4.79 Å². The van der Waals surface area contributed by atoms with Crippen molar-refractivity contribution in [1.82, 2.24) is 19.7 Å². The van der Waals surface area contributed by atoms with Gasteiger partial charge in [-0.1, -0.05) is 18.2 Å². The summed E-state index contributed by atoms with van der Waals surface area (Å²) in [5, 5.41) is 9.93. The van der Waals surface area contributed by atoms with Crippen molar-refractivity contribution in [3.8, 4) is 5.69 Å². The Morgan fingerprint density at radius 3 is 2.88 bits per heavy atom. The summed E-state index contributed by atoms with van der Waals surface area (Å²) in [5.41, 5.74) is 1.18. The van der Waals surface area contributed by atoms with Gasteiger partial charge < -0.3 is 5.32 Å². The lowest BCUT2D eigenvalue weighted by atomic mass is 10.3. The van der Waals surface area contributed by atoms with Gasteiger partial charge in [0.1, 0.15) is 5.39 Å². The van der Waals surface area contributed by atoms with Crippen LogP contribution < -0.4 is 10.9 Å². The normalized spacial score (nSPS) is 11.0. The zero-order valence-electron chi connectivity index (χ0n) is 12.4. The van der Waals surface area contributed by atoms with Crippen molar-refractivity contribution in [3.63, 3.8) is 0 Å². The van der Waals surface area contributed by atoms with E-state index in [-0.39, 0.29) is 5.56 Å². The average molecular weight is 402 g/mol. The molecule has 120 valence electrons. The van der Waals surface area contributed by atoms with Crippen LogP contribution in [0.2, 0.25) is 0 Å². The van der Waals surface area contributed by atoms with E-state index in [2.05, 4.69) is 36.3 Å². The molecule has 6 nitrogen and oxygen atoms in total. The maximum atomic E-state index is 12.3. The number of nitrogens with one attached hydrogen (secondary N) is 2. The van der Waals surface area contributed by atoms with Gasteiger partial charge in [-0.25, -0.2) is 4.68 Å². The summed E-state index contributed by atoms with van der Waals surface area (Å²) < 4.78 is 2.71. The smallest absolute Gasteiger partial charge is 0.263 e. The third kappa shape index (κ3) is 2.85.